The molecule has 1 saturated heterocycles. The quantitative estimate of drug-likeness (QED) is 0.572. The van der Waals surface area contributed by atoms with Crippen molar-refractivity contribution in [3.63, 3.8) is 0 Å². The summed E-state index contributed by atoms with van der Waals surface area (Å²) in [5.74, 6) is 0.566. The summed E-state index contributed by atoms with van der Waals surface area (Å²) < 4.78 is 77.7. The van der Waals surface area contributed by atoms with E-state index in [2.05, 4.69) is 9.72 Å². The van der Waals surface area contributed by atoms with Crippen molar-refractivity contribution in [1.82, 2.24) is 9.88 Å². The highest BCUT2D eigenvalue weighted by atomic mass is 32.2. The number of nitrogens with zero attached hydrogens (tertiary/aromatic N) is 2. The molecule has 1 aliphatic heterocycles. The van der Waals surface area contributed by atoms with Crippen molar-refractivity contribution in [3.8, 4) is 5.75 Å². The lowest BCUT2D eigenvalue weighted by molar-refractivity contribution is -0.200. The van der Waals surface area contributed by atoms with Crippen LogP contribution in [-0.4, -0.2) is 74.3 Å². The standard InChI is InChI=1S/C22H31F3N2O6S/c1-14-19(8-9-20(26-14)34(3,29)30)33-17-6-4-16(5-7-17)32-18-10-12-27(13-11-18)21(28)31-15(2)22(23,24)25/h8-9,15-18H,4-7,10-13H2,1-3H3/t15-,16-,17-/m0/s1. The zero-order valence-corrected chi connectivity index (χ0v) is 20.3. The van der Waals surface area contributed by atoms with Gasteiger partial charge < -0.3 is 19.1 Å². The molecule has 12 heteroatoms. The fourth-order valence-corrected chi connectivity index (χ4v) is 4.68. The van der Waals surface area contributed by atoms with Crippen LogP contribution in [0.15, 0.2) is 17.2 Å². The molecule has 3 rings (SSSR count). The lowest BCUT2D eigenvalue weighted by Gasteiger charge is -2.36. The number of sulfone groups is 1. The van der Waals surface area contributed by atoms with Gasteiger partial charge in [-0.25, -0.2) is 18.2 Å². The first kappa shape index (κ1) is 26.5. The summed E-state index contributed by atoms with van der Waals surface area (Å²) >= 11 is 0. The largest absolute Gasteiger partial charge is 0.489 e. The maximum Gasteiger partial charge on any atom is 0.425 e. The molecule has 1 amide bonds. The predicted molar refractivity (Wildman–Crippen MR) is 116 cm³/mol. The number of carbonyl (C=O) groups is 1. The second-order valence-electron chi connectivity index (χ2n) is 8.91. The van der Waals surface area contributed by atoms with Crippen molar-refractivity contribution >= 4 is 15.9 Å². The van der Waals surface area contributed by atoms with E-state index in [0.29, 0.717) is 37.4 Å². The Kier molecular flexibility index (Phi) is 8.33. The smallest absolute Gasteiger partial charge is 0.425 e. The Morgan fingerprint density at radius 1 is 1.06 bits per heavy atom. The van der Waals surface area contributed by atoms with Crippen molar-refractivity contribution in [1.29, 1.82) is 0 Å². The van der Waals surface area contributed by atoms with E-state index in [1.165, 1.54) is 11.0 Å². The van der Waals surface area contributed by atoms with E-state index < -0.39 is 28.2 Å². The zero-order valence-electron chi connectivity index (χ0n) is 19.5. The minimum absolute atomic E-state index is 0.0170. The van der Waals surface area contributed by atoms with Gasteiger partial charge in [0.25, 0.3) is 0 Å². The second kappa shape index (κ2) is 10.7. The van der Waals surface area contributed by atoms with Gasteiger partial charge in [-0.3, -0.25) is 0 Å². The molecule has 0 unspecified atom stereocenters. The fourth-order valence-electron chi connectivity index (χ4n) is 4.06. The molecule has 1 aliphatic carbocycles. The van der Waals surface area contributed by atoms with Gasteiger partial charge in [-0.2, -0.15) is 13.2 Å². The number of likely N-dealkylation sites (tertiary alicyclic amines) is 1. The van der Waals surface area contributed by atoms with E-state index in [9.17, 15) is 26.4 Å². The van der Waals surface area contributed by atoms with E-state index >= 15 is 0 Å². The van der Waals surface area contributed by atoms with Crippen LogP contribution in [0, 0.1) is 6.92 Å². The number of aromatic nitrogens is 1. The lowest BCUT2D eigenvalue weighted by atomic mass is 9.94. The molecule has 1 atom stereocenters. The van der Waals surface area contributed by atoms with E-state index in [1.54, 1.807) is 13.0 Å². The number of halogens is 3. The lowest BCUT2D eigenvalue weighted by Crippen LogP contribution is -2.44. The molecule has 1 saturated carbocycles. The third kappa shape index (κ3) is 7.21. The first-order valence-corrected chi connectivity index (χ1v) is 13.2. The SMILES string of the molecule is Cc1nc(S(C)(=O)=O)ccc1O[C@H]1CC[C@H](OC2CCN(C(=O)O[C@@H](C)C(F)(F)F)CC2)CC1. The molecule has 0 N–H and O–H groups in total. The van der Waals surface area contributed by atoms with Gasteiger partial charge in [-0.05, 0) is 64.5 Å². The van der Waals surface area contributed by atoms with Crippen LogP contribution in [0.1, 0.15) is 51.1 Å². The topological polar surface area (TPSA) is 95.0 Å². The molecular weight excluding hydrogens is 477 g/mol. The first-order valence-electron chi connectivity index (χ1n) is 11.3. The molecule has 8 nitrogen and oxygen atoms in total. The molecule has 1 aromatic heterocycles. The second-order valence-corrected chi connectivity index (χ2v) is 10.9. The van der Waals surface area contributed by atoms with Gasteiger partial charge in [0, 0.05) is 19.3 Å². The summed E-state index contributed by atoms with van der Waals surface area (Å²) in [5, 5.41) is 0.0173. The van der Waals surface area contributed by atoms with Crippen LogP contribution in [0.2, 0.25) is 0 Å². The highest BCUT2D eigenvalue weighted by Crippen LogP contribution is 2.30. The summed E-state index contributed by atoms with van der Waals surface area (Å²) in [7, 11) is -3.37. The summed E-state index contributed by atoms with van der Waals surface area (Å²) in [5.41, 5.74) is 0.524. The average molecular weight is 509 g/mol. The number of aryl methyl sites for hydroxylation is 1. The Morgan fingerprint density at radius 2 is 1.62 bits per heavy atom. The van der Waals surface area contributed by atoms with Gasteiger partial charge in [0.05, 0.1) is 24.0 Å². The molecule has 2 aliphatic rings. The Labute approximate surface area is 197 Å². The van der Waals surface area contributed by atoms with Crippen LogP contribution in [0.25, 0.3) is 0 Å². The van der Waals surface area contributed by atoms with Crippen molar-refractivity contribution in [3.05, 3.63) is 17.8 Å². The minimum atomic E-state index is -4.57. The Balaban J connectivity index is 1.40. The van der Waals surface area contributed by atoms with Crippen LogP contribution in [0.4, 0.5) is 18.0 Å². The number of hydrogen-bond donors (Lipinski definition) is 0. The molecule has 2 fully saturated rings. The summed E-state index contributed by atoms with van der Waals surface area (Å²) in [6, 6.07) is 3.08. The van der Waals surface area contributed by atoms with Crippen molar-refractivity contribution in [2.24, 2.45) is 0 Å². The molecule has 34 heavy (non-hydrogen) atoms. The molecule has 0 aromatic carbocycles. The molecule has 1 aromatic rings. The van der Waals surface area contributed by atoms with Gasteiger partial charge in [-0.1, -0.05) is 0 Å². The van der Waals surface area contributed by atoms with Gasteiger partial charge in [0.2, 0.25) is 0 Å². The van der Waals surface area contributed by atoms with E-state index in [0.717, 1.165) is 38.9 Å². The number of hydrogen-bond acceptors (Lipinski definition) is 7. The maximum atomic E-state index is 12.6. The van der Waals surface area contributed by atoms with Gasteiger partial charge in [0.1, 0.15) is 5.75 Å². The van der Waals surface area contributed by atoms with Crippen LogP contribution in [0.3, 0.4) is 0 Å². The predicted octanol–water partition coefficient (Wildman–Crippen LogP) is 4.05. The van der Waals surface area contributed by atoms with Crippen molar-refractivity contribution in [2.75, 3.05) is 19.3 Å². The van der Waals surface area contributed by atoms with E-state index in [4.69, 9.17) is 9.47 Å². The highest BCUT2D eigenvalue weighted by molar-refractivity contribution is 7.90. The van der Waals surface area contributed by atoms with Crippen molar-refractivity contribution in [2.45, 2.75) is 88.0 Å². The van der Waals surface area contributed by atoms with Gasteiger partial charge in [0.15, 0.2) is 21.0 Å². The monoisotopic (exact) mass is 508 g/mol. The van der Waals surface area contributed by atoms with Crippen molar-refractivity contribution < 1.29 is 40.6 Å². The van der Waals surface area contributed by atoms with Crippen LogP contribution in [-0.2, 0) is 19.3 Å². The molecule has 2 heterocycles. The highest BCUT2D eigenvalue weighted by Gasteiger charge is 2.40. The van der Waals surface area contributed by atoms with Crippen LogP contribution < -0.4 is 4.74 Å². The van der Waals surface area contributed by atoms with Gasteiger partial charge in [-0.15, -0.1) is 0 Å². The third-order valence-corrected chi connectivity index (χ3v) is 7.12. The number of rotatable bonds is 6. The summed E-state index contributed by atoms with van der Waals surface area (Å²) in [6.07, 6.45) is -2.33. The third-order valence-electron chi connectivity index (χ3n) is 6.13. The number of amides is 1. The Bertz CT molecular complexity index is 956. The first-order chi connectivity index (χ1) is 15.8. The molecular formula is C22H31F3N2O6S. The Hall–Kier alpha value is -2.08. The van der Waals surface area contributed by atoms with Crippen LogP contribution >= 0.6 is 0 Å². The minimum Gasteiger partial charge on any atom is -0.489 e. The number of pyridine rings is 1. The van der Waals surface area contributed by atoms with E-state index in [-0.39, 0.29) is 23.3 Å². The van der Waals surface area contributed by atoms with Crippen LogP contribution in [0.5, 0.6) is 5.75 Å². The summed E-state index contributed by atoms with van der Waals surface area (Å²) in [6.45, 7) is 3.12. The summed E-state index contributed by atoms with van der Waals surface area (Å²) in [4.78, 5) is 17.4. The molecule has 0 spiro atoms. The number of ether oxygens (including phenoxy) is 3. The normalized spacial score (nSPS) is 23.4. The zero-order chi connectivity index (χ0) is 25.1. The Morgan fingerprint density at radius 3 is 2.15 bits per heavy atom. The van der Waals surface area contributed by atoms with E-state index in [1.807, 2.05) is 0 Å². The maximum absolute atomic E-state index is 12.6. The number of carbonyl (C=O) groups excluding carboxylic acids is 1. The molecule has 0 bridgehead atoms. The number of piperidine rings is 1. The molecule has 192 valence electrons. The number of alkyl halides is 3. The fraction of sp³-hybridized carbons (Fsp3) is 0.727. The molecule has 0 radical (unpaired) electrons. The van der Waals surface area contributed by atoms with Gasteiger partial charge >= 0.3 is 12.3 Å². The average Bonchev–Trinajstić information content (AvgIpc) is 2.75.